The fourth-order valence-corrected chi connectivity index (χ4v) is 1.14. The zero-order valence-corrected chi connectivity index (χ0v) is 9.26. The second-order valence-corrected chi connectivity index (χ2v) is 3.68. The van der Waals surface area contributed by atoms with Crippen molar-refractivity contribution in [2.75, 3.05) is 0 Å². The van der Waals surface area contributed by atoms with Crippen molar-refractivity contribution in [2.24, 2.45) is 0 Å². The first kappa shape index (κ1) is 11.5. The van der Waals surface area contributed by atoms with Gasteiger partial charge in [0.2, 0.25) is 0 Å². The third-order valence-electron chi connectivity index (χ3n) is 2.04. The van der Waals surface area contributed by atoms with E-state index in [0.717, 1.165) is 10.3 Å². The zero-order chi connectivity index (χ0) is 11.1. The van der Waals surface area contributed by atoms with E-state index < -0.39 is 0 Å². The first-order valence-corrected chi connectivity index (χ1v) is 5.20. The SMILES string of the molecule is CC(C)[N+]([O-])=CCC=Cc1ccccc1. The van der Waals surface area contributed by atoms with Gasteiger partial charge in [-0.25, -0.2) is 4.74 Å². The summed E-state index contributed by atoms with van der Waals surface area (Å²) in [6.45, 7) is 3.76. The summed E-state index contributed by atoms with van der Waals surface area (Å²) in [6, 6.07) is 10.1. The first-order chi connectivity index (χ1) is 7.20. The quantitative estimate of drug-likeness (QED) is 0.319. The Hall–Kier alpha value is -1.57. The van der Waals surface area contributed by atoms with Gasteiger partial charge in [-0.15, -0.1) is 0 Å². The lowest BCUT2D eigenvalue weighted by Crippen LogP contribution is -2.13. The summed E-state index contributed by atoms with van der Waals surface area (Å²) in [4.78, 5) is 0. The predicted molar refractivity (Wildman–Crippen MR) is 64.9 cm³/mol. The molecule has 0 radical (unpaired) electrons. The van der Waals surface area contributed by atoms with Gasteiger partial charge in [0.05, 0.1) is 0 Å². The maximum atomic E-state index is 11.2. The van der Waals surface area contributed by atoms with Crippen molar-refractivity contribution in [2.45, 2.75) is 26.3 Å². The van der Waals surface area contributed by atoms with Crippen LogP contribution in [0.4, 0.5) is 0 Å². The third-order valence-corrected chi connectivity index (χ3v) is 2.04. The molecule has 2 nitrogen and oxygen atoms in total. The van der Waals surface area contributed by atoms with Gasteiger partial charge in [-0.2, -0.15) is 0 Å². The molecule has 0 atom stereocenters. The van der Waals surface area contributed by atoms with E-state index in [1.165, 1.54) is 0 Å². The van der Waals surface area contributed by atoms with Crippen molar-refractivity contribution < 1.29 is 4.74 Å². The smallest absolute Gasteiger partial charge is 0.157 e. The summed E-state index contributed by atoms with van der Waals surface area (Å²) in [5.41, 5.74) is 1.16. The van der Waals surface area contributed by atoms with E-state index in [4.69, 9.17) is 0 Å². The Balaban J connectivity index is 2.45. The topological polar surface area (TPSA) is 26.1 Å². The highest BCUT2D eigenvalue weighted by Crippen LogP contribution is 2.01. The molecule has 2 heteroatoms. The van der Waals surface area contributed by atoms with Crippen LogP contribution in [0.1, 0.15) is 25.8 Å². The largest absolute Gasteiger partial charge is 0.624 e. The molecule has 15 heavy (non-hydrogen) atoms. The maximum absolute atomic E-state index is 11.2. The van der Waals surface area contributed by atoms with Crippen LogP contribution in [0, 0.1) is 5.21 Å². The Bertz CT molecular complexity index is 339. The van der Waals surface area contributed by atoms with Gasteiger partial charge in [-0.1, -0.05) is 42.5 Å². The molecule has 1 aromatic rings. The fourth-order valence-electron chi connectivity index (χ4n) is 1.14. The summed E-state index contributed by atoms with van der Waals surface area (Å²) < 4.78 is 0.981. The molecule has 0 bridgehead atoms. The van der Waals surface area contributed by atoms with Gasteiger partial charge in [0.1, 0.15) is 0 Å². The van der Waals surface area contributed by atoms with Crippen molar-refractivity contribution >= 4 is 12.3 Å². The molecular formula is C13H17NO. The monoisotopic (exact) mass is 203 g/mol. The zero-order valence-electron chi connectivity index (χ0n) is 9.26. The normalized spacial score (nSPS) is 12.6. The highest BCUT2D eigenvalue weighted by atomic mass is 16.5. The summed E-state index contributed by atoms with van der Waals surface area (Å²) in [5.74, 6) is 0. The van der Waals surface area contributed by atoms with E-state index >= 15 is 0 Å². The minimum Gasteiger partial charge on any atom is -0.624 e. The molecule has 0 N–H and O–H groups in total. The van der Waals surface area contributed by atoms with Crippen LogP contribution < -0.4 is 0 Å². The molecule has 0 aliphatic carbocycles. The minimum absolute atomic E-state index is 0.0233. The van der Waals surface area contributed by atoms with Crippen LogP contribution in [0.2, 0.25) is 0 Å². The molecule has 0 saturated heterocycles. The van der Waals surface area contributed by atoms with Crippen molar-refractivity contribution in [1.29, 1.82) is 0 Å². The number of rotatable bonds is 4. The van der Waals surface area contributed by atoms with Gasteiger partial charge in [0.15, 0.2) is 12.3 Å². The Morgan fingerprint density at radius 3 is 2.53 bits per heavy atom. The molecule has 0 spiro atoms. The van der Waals surface area contributed by atoms with E-state index in [9.17, 15) is 5.21 Å². The van der Waals surface area contributed by atoms with Gasteiger partial charge < -0.3 is 5.21 Å². The number of hydrogen-bond donors (Lipinski definition) is 0. The molecule has 0 fully saturated rings. The molecule has 0 heterocycles. The highest BCUT2D eigenvalue weighted by Gasteiger charge is 1.96. The Morgan fingerprint density at radius 1 is 1.27 bits per heavy atom. The van der Waals surface area contributed by atoms with Crippen LogP contribution >= 0.6 is 0 Å². The van der Waals surface area contributed by atoms with Crippen LogP contribution in [-0.4, -0.2) is 17.0 Å². The first-order valence-electron chi connectivity index (χ1n) is 5.20. The lowest BCUT2D eigenvalue weighted by Gasteiger charge is -2.05. The van der Waals surface area contributed by atoms with E-state index in [1.54, 1.807) is 6.21 Å². The van der Waals surface area contributed by atoms with Crippen LogP contribution in [0.15, 0.2) is 36.4 Å². The molecule has 1 aromatic carbocycles. The average Bonchev–Trinajstić information content (AvgIpc) is 2.25. The molecule has 0 amide bonds. The van der Waals surface area contributed by atoms with Crippen LogP contribution in [0.3, 0.4) is 0 Å². The van der Waals surface area contributed by atoms with Crippen molar-refractivity contribution in [3.8, 4) is 0 Å². The van der Waals surface area contributed by atoms with Gasteiger partial charge in [-0.3, -0.25) is 0 Å². The summed E-state index contributed by atoms with van der Waals surface area (Å²) in [7, 11) is 0. The van der Waals surface area contributed by atoms with E-state index in [1.807, 2.05) is 56.3 Å². The number of hydroxylamine groups is 1. The minimum atomic E-state index is 0.0233. The van der Waals surface area contributed by atoms with Crippen LogP contribution in [0.25, 0.3) is 6.08 Å². The second-order valence-electron chi connectivity index (χ2n) is 3.68. The van der Waals surface area contributed by atoms with Crippen LogP contribution in [-0.2, 0) is 0 Å². The number of allylic oxidation sites excluding steroid dienone is 1. The maximum Gasteiger partial charge on any atom is 0.157 e. The molecule has 0 unspecified atom stereocenters. The van der Waals surface area contributed by atoms with Gasteiger partial charge in [0.25, 0.3) is 0 Å². The molecule has 1 rings (SSSR count). The van der Waals surface area contributed by atoms with Gasteiger partial charge in [-0.05, 0) is 19.4 Å². The Morgan fingerprint density at radius 2 is 1.93 bits per heavy atom. The highest BCUT2D eigenvalue weighted by molar-refractivity contribution is 5.58. The van der Waals surface area contributed by atoms with Gasteiger partial charge in [0, 0.05) is 6.42 Å². The molecule has 80 valence electrons. The molecular weight excluding hydrogens is 186 g/mol. The second kappa shape index (κ2) is 6.02. The van der Waals surface area contributed by atoms with E-state index in [2.05, 4.69) is 0 Å². The van der Waals surface area contributed by atoms with E-state index in [0.29, 0.717) is 6.42 Å². The third kappa shape index (κ3) is 4.45. The van der Waals surface area contributed by atoms with Crippen molar-refractivity contribution in [3.63, 3.8) is 0 Å². The number of hydrogen-bond acceptors (Lipinski definition) is 1. The Kier molecular flexibility index (Phi) is 4.61. The summed E-state index contributed by atoms with van der Waals surface area (Å²) in [5, 5.41) is 11.2. The van der Waals surface area contributed by atoms with E-state index in [-0.39, 0.29) is 6.04 Å². The number of nitrogens with zero attached hydrogens (tertiary/aromatic N) is 1. The van der Waals surface area contributed by atoms with Crippen molar-refractivity contribution in [3.05, 3.63) is 47.2 Å². The Labute approximate surface area is 91.1 Å². The van der Waals surface area contributed by atoms with Crippen LogP contribution in [0.5, 0.6) is 0 Å². The van der Waals surface area contributed by atoms with Crippen molar-refractivity contribution in [1.82, 2.24) is 0 Å². The lowest BCUT2D eigenvalue weighted by atomic mass is 10.2. The predicted octanol–water partition coefficient (Wildman–Crippen LogP) is 3.08. The summed E-state index contributed by atoms with van der Waals surface area (Å²) in [6.07, 6.45) is 6.34. The molecule has 0 aliphatic heterocycles. The molecule has 0 aliphatic rings. The molecule has 0 saturated carbocycles. The lowest BCUT2D eigenvalue weighted by molar-refractivity contribution is -0.488. The molecule has 0 aromatic heterocycles. The fraction of sp³-hybridized carbons (Fsp3) is 0.308. The standard InChI is InChI=1S/C13H17NO/c1-12(2)14(15)11-7-6-10-13-8-4-3-5-9-13/h3-6,8-12H,7H2,1-2H3. The average molecular weight is 203 g/mol. The summed E-state index contributed by atoms with van der Waals surface area (Å²) >= 11 is 0. The van der Waals surface area contributed by atoms with Gasteiger partial charge >= 0.3 is 0 Å². The number of benzene rings is 1.